The van der Waals surface area contributed by atoms with E-state index in [4.69, 9.17) is 4.74 Å². The van der Waals surface area contributed by atoms with Crippen LogP contribution in [0.4, 0.5) is 5.13 Å². The van der Waals surface area contributed by atoms with Crippen LogP contribution in [-0.2, 0) is 11.3 Å². The van der Waals surface area contributed by atoms with E-state index >= 15 is 0 Å². The Bertz CT molecular complexity index is 372. The first kappa shape index (κ1) is 13.8. The minimum atomic E-state index is 0.340. The van der Waals surface area contributed by atoms with Gasteiger partial charge in [0.1, 0.15) is 0 Å². The van der Waals surface area contributed by atoms with Gasteiger partial charge >= 0.3 is 0 Å². The molecule has 5 heteroatoms. The van der Waals surface area contributed by atoms with Gasteiger partial charge in [-0.1, -0.05) is 6.92 Å². The molecule has 0 saturated carbocycles. The first-order chi connectivity index (χ1) is 8.67. The van der Waals surface area contributed by atoms with E-state index in [9.17, 15) is 0 Å². The van der Waals surface area contributed by atoms with E-state index < -0.39 is 0 Å². The van der Waals surface area contributed by atoms with Crippen molar-refractivity contribution in [2.75, 3.05) is 37.7 Å². The molecular weight excluding hydrogens is 246 g/mol. The lowest BCUT2D eigenvalue weighted by Crippen LogP contribution is -2.47. The summed E-state index contributed by atoms with van der Waals surface area (Å²) in [5.74, 6) is 0. The molecular formula is C13H23N3OS. The fourth-order valence-corrected chi connectivity index (χ4v) is 3.07. The van der Waals surface area contributed by atoms with Crippen LogP contribution in [0, 0.1) is 5.41 Å². The molecule has 0 amide bonds. The standard InChI is InChI=1S/C13H23N3OS/c1-4-16(5-2)12-15-7-11(18-12)6-14-8-13(3)9-17-10-13/h7,14H,4-6,8-10H2,1-3H3. The van der Waals surface area contributed by atoms with Crippen molar-refractivity contribution >= 4 is 16.5 Å². The van der Waals surface area contributed by atoms with Crippen molar-refractivity contribution < 1.29 is 4.74 Å². The summed E-state index contributed by atoms with van der Waals surface area (Å²) in [5, 5.41) is 4.64. The number of nitrogens with one attached hydrogen (secondary N) is 1. The van der Waals surface area contributed by atoms with Crippen LogP contribution >= 0.6 is 11.3 Å². The molecule has 0 bridgehead atoms. The molecule has 0 aliphatic carbocycles. The second-order valence-corrected chi connectivity index (χ2v) is 6.28. The highest BCUT2D eigenvalue weighted by atomic mass is 32.1. The third-order valence-corrected chi connectivity index (χ3v) is 4.39. The molecule has 2 heterocycles. The van der Waals surface area contributed by atoms with Crippen molar-refractivity contribution in [2.45, 2.75) is 27.3 Å². The number of anilines is 1. The summed E-state index contributed by atoms with van der Waals surface area (Å²) in [7, 11) is 0. The van der Waals surface area contributed by atoms with Crippen LogP contribution in [0.5, 0.6) is 0 Å². The van der Waals surface area contributed by atoms with Crippen LogP contribution in [0.1, 0.15) is 25.6 Å². The normalized spacial score (nSPS) is 17.5. The molecule has 4 nitrogen and oxygen atoms in total. The van der Waals surface area contributed by atoms with E-state index in [1.807, 2.05) is 6.20 Å². The fraction of sp³-hybridized carbons (Fsp3) is 0.769. The van der Waals surface area contributed by atoms with Gasteiger partial charge in [0.2, 0.25) is 0 Å². The van der Waals surface area contributed by atoms with Gasteiger partial charge in [0.05, 0.1) is 13.2 Å². The van der Waals surface area contributed by atoms with Gasteiger partial charge < -0.3 is 15.0 Å². The number of ether oxygens (including phenoxy) is 1. The van der Waals surface area contributed by atoms with Crippen molar-refractivity contribution in [1.29, 1.82) is 0 Å². The van der Waals surface area contributed by atoms with E-state index in [1.54, 1.807) is 11.3 Å². The van der Waals surface area contributed by atoms with Crippen LogP contribution < -0.4 is 10.2 Å². The molecule has 1 aromatic heterocycles. The van der Waals surface area contributed by atoms with Gasteiger partial charge in [-0.15, -0.1) is 11.3 Å². The summed E-state index contributed by atoms with van der Waals surface area (Å²) in [6.07, 6.45) is 1.99. The van der Waals surface area contributed by atoms with Crippen molar-refractivity contribution in [3.05, 3.63) is 11.1 Å². The maximum atomic E-state index is 5.25. The molecule has 1 saturated heterocycles. The lowest BCUT2D eigenvalue weighted by molar-refractivity contribution is -0.0991. The van der Waals surface area contributed by atoms with Crippen molar-refractivity contribution in [2.24, 2.45) is 5.41 Å². The van der Waals surface area contributed by atoms with Crippen molar-refractivity contribution in [3.8, 4) is 0 Å². The predicted molar refractivity (Wildman–Crippen MR) is 76.3 cm³/mol. The van der Waals surface area contributed by atoms with Gasteiger partial charge in [0, 0.05) is 42.7 Å². The molecule has 2 rings (SSSR count). The highest BCUT2D eigenvalue weighted by Gasteiger charge is 2.32. The first-order valence-electron chi connectivity index (χ1n) is 6.65. The zero-order valence-electron chi connectivity index (χ0n) is 11.5. The monoisotopic (exact) mass is 269 g/mol. The predicted octanol–water partition coefficient (Wildman–Crippen LogP) is 2.12. The number of thiazole rings is 1. The molecule has 1 aliphatic heterocycles. The molecule has 102 valence electrons. The van der Waals surface area contributed by atoms with E-state index in [0.29, 0.717) is 5.41 Å². The first-order valence-corrected chi connectivity index (χ1v) is 7.46. The quantitative estimate of drug-likeness (QED) is 0.823. The molecule has 0 atom stereocenters. The second kappa shape index (κ2) is 5.99. The van der Waals surface area contributed by atoms with E-state index in [0.717, 1.165) is 44.5 Å². The average Bonchev–Trinajstić information content (AvgIpc) is 2.77. The summed E-state index contributed by atoms with van der Waals surface area (Å²) >= 11 is 1.79. The van der Waals surface area contributed by atoms with Gasteiger partial charge in [-0.3, -0.25) is 0 Å². The highest BCUT2D eigenvalue weighted by Crippen LogP contribution is 2.26. The molecule has 1 aromatic rings. The molecule has 1 N–H and O–H groups in total. The van der Waals surface area contributed by atoms with Crippen LogP contribution in [0.15, 0.2) is 6.20 Å². The Hall–Kier alpha value is -0.650. The number of nitrogens with zero attached hydrogens (tertiary/aromatic N) is 2. The number of hydrogen-bond donors (Lipinski definition) is 1. The second-order valence-electron chi connectivity index (χ2n) is 5.19. The minimum Gasteiger partial charge on any atom is -0.380 e. The van der Waals surface area contributed by atoms with Crippen LogP contribution in [-0.4, -0.2) is 37.8 Å². The molecule has 0 radical (unpaired) electrons. The Morgan fingerprint density at radius 1 is 1.44 bits per heavy atom. The summed E-state index contributed by atoms with van der Waals surface area (Å²) in [6.45, 7) is 12.3. The molecule has 1 fully saturated rings. The topological polar surface area (TPSA) is 37.4 Å². The largest absolute Gasteiger partial charge is 0.380 e. The lowest BCUT2D eigenvalue weighted by atomic mass is 9.89. The summed E-state index contributed by atoms with van der Waals surface area (Å²) in [6, 6.07) is 0. The number of aromatic nitrogens is 1. The Kier molecular flexibility index (Phi) is 4.59. The highest BCUT2D eigenvalue weighted by molar-refractivity contribution is 7.15. The maximum Gasteiger partial charge on any atom is 0.185 e. The third kappa shape index (κ3) is 3.22. The third-order valence-electron chi connectivity index (χ3n) is 3.33. The van der Waals surface area contributed by atoms with Gasteiger partial charge in [-0.2, -0.15) is 0 Å². The summed E-state index contributed by atoms with van der Waals surface area (Å²) in [5.41, 5.74) is 0.340. The average molecular weight is 269 g/mol. The fourth-order valence-electron chi connectivity index (χ4n) is 2.06. The van der Waals surface area contributed by atoms with Crippen molar-refractivity contribution in [3.63, 3.8) is 0 Å². The van der Waals surface area contributed by atoms with Gasteiger partial charge in [0.25, 0.3) is 0 Å². The van der Waals surface area contributed by atoms with Crippen molar-refractivity contribution in [1.82, 2.24) is 10.3 Å². The van der Waals surface area contributed by atoms with E-state index in [2.05, 4.69) is 36.0 Å². The van der Waals surface area contributed by atoms with E-state index in [1.165, 1.54) is 4.88 Å². The molecule has 1 aliphatic rings. The van der Waals surface area contributed by atoms with Crippen LogP contribution in [0.2, 0.25) is 0 Å². The SMILES string of the molecule is CCN(CC)c1ncc(CNCC2(C)COC2)s1. The van der Waals surface area contributed by atoms with E-state index in [-0.39, 0.29) is 0 Å². The number of hydrogen-bond acceptors (Lipinski definition) is 5. The minimum absolute atomic E-state index is 0.340. The van der Waals surface area contributed by atoms with Gasteiger partial charge in [-0.05, 0) is 13.8 Å². The van der Waals surface area contributed by atoms with Crippen LogP contribution in [0.25, 0.3) is 0 Å². The van der Waals surface area contributed by atoms with Gasteiger partial charge in [-0.25, -0.2) is 4.98 Å². The Balaban J connectivity index is 1.79. The molecule has 0 spiro atoms. The molecule has 18 heavy (non-hydrogen) atoms. The zero-order valence-corrected chi connectivity index (χ0v) is 12.3. The lowest BCUT2D eigenvalue weighted by Gasteiger charge is -2.38. The Morgan fingerprint density at radius 3 is 2.72 bits per heavy atom. The Labute approximate surface area is 113 Å². The maximum absolute atomic E-state index is 5.25. The molecule has 0 aromatic carbocycles. The summed E-state index contributed by atoms with van der Waals surface area (Å²) < 4.78 is 5.25. The summed E-state index contributed by atoms with van der Waals surface area (Å²) in [4.78, 5) is 8.08. The van der Waals surface area contributed by atoms with Gasteiger partial charge in [0.15, 0.2) is 5.13 Å². The zero-order chi connectivity index (χ0) is 13.0. The van der Waals surface area contributed by atoms with Crippen LogP contribution in [0.3, 0.4) is 0 Å². The Morgan fingerprint density at radius 2 is 2.17 bits per heavy atom. The smallest absolute Gasteiger partial charge is 0.185 e. The molecule has 0 unspecified atom stereocenters. The number of rotatable bonds is 7.